The van der Waals surface area contributed by atoms with Gasteiger partial charge in [-0.15, -0.1) is 0 Å². The number of rotatable bonds is 3. The number of piperidine rings is 1. The van der Waals surface area contributed by atoms with Crippen molar-refractivity contribution in [2.45, 2.75) is 19.8 Å². The molecule has 0 N–H and O–H groups in total. The molecule has 3 aromatic rings. The second-order valence-corrected chi connectivity index (χ2v) is 6.81. The summed E-state index contributed by atoms with van der Waals surface area (Å²) in [5.74, 6) is 3.37. The summed E-state index contributed by atoms with van der Waals surface area (Å²) >= 11 is 0. The van der Waals surface area contributed by atoms with Crippen molar-refractivity contribution in [3.05, 3.63) is 48.5 Å². The van der Waals surface area contributed by atoms with Crippen molar-refractivity contribution in [3.63, 3.8) is 0 Å². The van der Waals surface area contributed by atoms with Crippen LogP contribution in [0.5, 0.6) is 5.75 Å². The van der Waals surface area contributed by atoms with Crippen LogP contribution in [0.25, 0.3) is 22.3 Å². The standard InChI is InChI=1S/C21H23N3O/c1-15-6-5-13-24(14-15)21-18-7-3-4-8-19(18)22-20(23-21)16-9-11-17(25-2)12-10-16/h3-4,7-12,15H,5-6,13-14H2,1-2H3/t15-/m1/s1. The van der Waals surface area contributed by atoms with Gasteiger partial charge in [-0.05, 0) is 55.2 Å². The van der Waals surface area contributed by atoms with Crippen LogP contribution in [0.2, 0.25) is 0 Å². The maximum Gasteiger partial charge on any atom is 0.162 e. The lowest BCUT2D eigenvalue weighted by Crippen LogP contribution is -2.35. The number of hydrogen-bond acceptors (Lipinski definition) is 4. The number of ether oxygens (including phenoxy) is 1. The quantitative estimate of drug-likeness (QED) is 0.705. The Hall–Kier alpha value is -2.62. The van der Waals surface area contributed by atoms with Crippen molar-refractivity contribution in [2.75, 3.05) is 25.1 Å². The highest BCUT2D eigenvalue weighted by Gasteiger charge is 2.21. The van der Waals surface area contributed by atoms with Gasteiger partial charge in [0, 0.05) is 24.0 Å². The maximum absolute atomic E-state index is 5.26. The zero-order valence-electron chi connectivity index (χ0n) is 14.8. The lowest BCUT2D eigenvalue weighted by molar-refractivity contribution is 0.415. The van der Waals surface area contributed by atoms with Crippen molar-refractivity contribution in [2.24, 2.45) is 5.92 Å². The normalized spacial score (nSPS) is 17.7. The van der Waals surface area contributed by atoms with Crippen LogP contribution in [0.3, 0.4) is 0 Å². The lowest BCUT2D eigenvalue weighted by Gasteiger charge is -2.32. The summed E-state index contributed by atoms with van der Waals surface area (Å²) in [5, 5.41) is 1.13. The SMILES string of the molecule is COc1ccc(-c2nc(N3CCC[C@@H](C)C3)c3ccccc3n2)cc1. The predicted molar refractivity (Wildman–Crippen MR) is 102 cm³/mol. The topological polar surface area (TPSA) is 38.2 Å². The second kappa shape index (κ2) is 6.71. The van der Waals surface area contributed by atoms with E-state index in [4.69, 9.17) is 14.7 Å². The molecule has 4 heteroatoms. The number of aromatic nitrogens is 2. The highest BCUT2D eigenvalue weighted by Crippen LogP contribution is 2.30. The van der Waals surface area contributed by atoms with E-state index in [0.717, 1.165) is 46.9 Å². The van der Waals surface area contributed by atoms with Crippen LogP contribution >= 0.6 is 0 Å². The molecule has 2 heterocycles. The third kappa shape index (κ3) is 3.16. The van der Waals surface area contributed by atoms with Gasteiger partial charge < -0.3 is 9.64 Å². The molecule has 1 fully saturated rings. The number of para-hydroxylation sites is 1. The molecule has 1 aliphatic rings. The van der Waals surface area contributed by atoms with Gasteiger partial charge in [0.25, 0.3) is 0 Å². The Labute approximate surface area is 148 Å². The molecule has 4 rings (SSSR count). The molecule has 1 aliphatic heterocycles. The molecule has 25 heavy (non-hydrogen) atoms. The smallest absolute Gasteiger partial charge is 0.162 e. The fourth-order valence-corrected chi connectivity index (χ4v) is 3.55. The van der Waals surface area contributed by atoms with Crippen LogP contribution in [0.1, 0.15) is 19.8 Å². The van der Waals surface area contributed by atoms with Crippen LogP contribution in [0.15, 0.2) is 48.5 Å². The number of methoxy groups -OCH3 is 1. The van der Waals surface area contributed by atoms with E-state index in [1.165, 1.54) is 12.8 Å². The Kier molecular flexibility index (Phi) is 4.26. The number of benzene rings is 2. The molecule has 0 saturated carbocycles. The van der Waals surface area contributed by atoms with E-state index in [2.05, 4.69) is 30.0 Å². The van der Waals surface area contributed by atoms with Crippen LogP contribution in [0.4, 0.5) is 5.82 Å². The molecule has 0 aliphatic carbocycles. The zero-order chi connectivity index (χ0) is 17.2. The molecule has 0 unspecified atom stereocenters. The van der Waals surface area contributed by atoms with Crippen LogP contribution < -0.4 is 9.64 Å². The first-order chi connectivity index (χ1) is 12.2. The van der Waals surface area contributed by atoms with Gasteiger partial charge in [-0.1, -0.05) is 19.1 Å². The molecule has 0 spiro atoms. The molecular weight excluding hydrogens is 310 g/mol. The molecule has 0 bridgehead atoms. The first-order valence-corrected chi connectivity index (χ1v) is 8.91. The Morgan fingerprint density at radius 2 is 1.84 bits per heavy atom. The van der Waals surface area contributed by atoms with E-state index in [1.807, 2.05) is 30.3 Å². The monoisotopic (exact) mass is 333 g/mol. The molecule has 0 amide bonds. The average molecular weight is 333 g/mol. The van der Waals surface area contributed by atoms with E-state index in [0.29, 0.717) is 5.92 Å². The minimum atomic E-state index is 0.701. The Morgan fingerprint density at radius 1 is 1.04 bits per heavy atom. The van der Waals surface area contributed by atoms with Gasteiger partial charge in [0.2, 0.25) is 0 Å². The van der Waals surface area contributed by atoms with Gasteiger partial charge in [-0.3, -0.25) is 0 Å². The van der Waals surface area contributed by atoms with Crippen molar-refractivity contribution in [3.8, 4) is 17.1 Å². The minimum Gasteiger partial charge on any atom is -0.497 e. The fourth-order valence-electron chi connectivity index (χ4n) is 3.55. The van der Waals surface area contributed by atoms with E-state index in [1.54, 1.807) is 7.11 Å². The molecule has 4 nitrogen and oxygen atoms in total. The van der Waals surface area contributed by atoms with Gasteiger partial charge in [0.15, 0.2) is 5.82 Å². The van der Waals surface area contributed by atoms with Gasteiger partial charge in [0.1, 0.15) is 11.6 Å². The van der Waals surface area contributed by atoms with E-state index >= 15 is 0 Å². The van der Waals surface area contributed by atoms with E-state index < -0.39 is 0 Å². The zero-order valence-corrected chi connectivity index (χ0v) is 14.8. The summed E-state index contributed by atoms with van der Waals surface area (Å²) in [7, 11) is 1.68. The fraction of sp³-hybridized carbons (Fsp3) is 0.333. The number of fused-ring (bicyclic) bond motifs is 1. The molecule has 0 radical (unpaired) electrons. The third-order valence-corrected chi connectivity index (χ3v) is 4.89. The summed E-state index contributed by atoms with van der Waals surface area (Å²) < 4.78 is 5.26. The number of nitrogens with zero attached hydrogens (tertiary/aromatic N) is 3. The molecule has 1 aromatic heterocycles. The first kappa shape index (κ1) is 15.9. The Bertz CT molecular complexity index is 876. The highest BCUT2D eigenvalue weighted by atomic mass is 16.5. The van der Waals surface area contributed by atoms with E-state index in [-0.39, 0.29) is 0 Å². The average Bonchev–Trinajstić information content (AvgIpc) is 2.67. The van der Waals surface area contributed by atoms with Crippen LogP contribution in [0, 0.1) is 5.92 Å². The molecule has 128 valence electrons. The second-order valence-electron chi connectivity index (χ2n) is 6.81. The number of hydrogen-bond donors (Lipinski definition) is 0. The van der Waals surface area contributed by atoms with Crippen molar-refractivity contribution in [1.29, 1.82) is 0 Å². The van der Waals surface area contributed by atoms with Crippen molar-refractivity contribution in [1.82, 2.24) is 9.97 Å². The van der Waals surface area contributed by atoms with Crippen molar-refractivity contribution < 1.29 is 4.74 Å². The van der Waals surface area contributed by atoms with Crippen molar-refractivity contribution >= 4 is 16.7 Å². The molecule has 1 atom stereocenters. The lowest BCUT2D eigenvalue weighted by atomic mass is 10.00. The Morgan fingerprint density at radius 3 is 2.60 bits per heavy atom. The maximum atomic E-state index is 5.26. The first-order valence-electron chi connectivity index (χ1n) is 8.91. The summed E-state index contributed by atoms with van der Waals surface area (Å²) in [5.41, 5.74) is 2.01. The molecular formula is C21H23N3O. The molecule has 1 saturated heterocycles. The van der Waals surface area contributed by atoms with Gasteiger partial charge >= 0.3 is 0 Å². The van der Waals surface area contributed by atoms with Gasteiger partial charge in [-0.2, -0.15) is 0 Å². The predicted octanol–water partition coefficient (Wildman–Crippen LogP) is 4.54. The number of anilines is 1. The van der Waals surface area contributed by atoms with Gasteiger partial charge in [-0.25, -0.2) is 9.97 Å². The highest BCUT2D eigenvalue weighted by molar-refractivity contribution is 5.91. The summed E-state index contributed by atoms with van der Waals surface area (Å²) in [6.45, 7) is 4.44. The third-order valence-electron chi connectivity index (χ3n) is 4.89. The summed E-state index contributed by atoms with van der Waals surface area (Å²) in [4.78, 5) is 12.2. The largest absolute Gasteiger partial charge is 0.497 e. The summed E-state index contributed by atoms with van der Waals surface area (Å²) in [6.07, 6.45) is 2.52. The Balaban J connectivity index is 1.82. The summed E-state index contributed by atoms with van der Waals surface area (Å²) in [6, 6.07) is 16.2. The van der Waals surface area contributed by atoms with Crippen LogP contribution in [-0.4, -0.2) is 30.2 Å². The van der Waals surface area contributed by atoms with Crippen LogP contribution in [-0.2, 0) is 0 Å². The van der Waals surface area contributed by atoms with E-state index in [9.17, 15) is 0 Å². The van der Waals surface area contributed by atoms with Gasteiger partial charge in [0.05, 0.1) is 12.6 Å². The molecule has 2 aromatic carbocycles. The minimum absolute atomic E-state index is 0.701.